The molecule has 0 fully saturated rings. The third kappa shape index (κ3) is 7.78. The average molecular weight is 320 g/mol. The van der Waals surface area contributed by atoms with Gasteiger partial charge < -0.3 is 14.6 Å². The Hall–Kier alpha value is -1.16. The van der Waals surface area contributed by atoms with E-state index < -0.39 is 6.10 Å². The number of aliphatic hydroxyl groups excluding tert-OH is 1. The van der Waals surface area contributed by atoms with Crippen LogP contribution in [-0.2, 0) is 9.47 Å². The first-order valence-electron chi connectivity index (χ1n) is 8.77. The Labute approximate surface area is 141 Å². The van der Waals surface area contributed by atoms with Gasteiger partial charge in [0.05, 0.1) is 6.10 Å². The molecule has 2 atom stereocenters. The molecule has 0 saturated heterocycles. The van der Waals surface area contributed by atoms with Crippen molar-refractivity contribution in [1.82, 2.24) is 0 Å². The summed E-state index contributed by atoms with van der Waals surface area (Å²) in [6.07, 6.45) is 7.63. The van der Waals surface area contributed by atoms with Gasteiger partial charge in [-0.1, -0.05) is 75.9 Å². The predicted molar refractivity (Wildman–Crippen MR) is 96.2 cm³/mol. The zero-order chi connectivity index (χ0) is 16.9. The van der Waals surface area contributed by atoms with E-state index in [1.54, 1.807) is 7.11 Å². The minimum Gasteiger partial charge on any atom is -0.386 e. The number of hydrogen-bond donors (Lipinski definition) is 1. The summed E-state index contributed by atoms with van der Waals surface area (Å²) < 4.78 is 10.8. The zero-order valence-electron chi connectivity index (χ0n) is 14.8. The van der Waals surface area contributed by atoms with Gasteiger partial charge in [0.1, 0.15) is 12.9 Å². The summed E-state index contributed by atoms with van der Waals surface area (Å²) in [5, 5.41) is 10.8. The maximum Gasteiger partial charge on any atom is 0.146 e. The third-order valence-corrected chi connectivity index (χ3v) is 4.03. The van der Waals surface area contributed by atoms with Crippen LogP contribution in [0.3, 0.4) is 0 Å². The van der Waals surface area contributed by atoms with E-state index in [0.717, 1.165) is 30.4 Å². The molecule has 0 aliphatic carbocycles. The van der Waals surface area contributed by atoms with Crippen LogP contribution in [0, 0.1) is 0 Å². The van der Waals surface area contributed by atoms with Crippen molar-refractivity contribution in [2.45, 2.75) is 64.6 Å². The number of rotatable bonds is 12. The lowest BCUT2D eigenvalue weighted by atomic mass is 9.96. The molecule has 0 radical (unpaired) electrons. The largest absolute Gasteiger partial charge is 0.386 e. The molecule has 0 amide bonds. The molecule has 1 N–H and O–H groups in total. The first-order chi connectivity index (χ1) is 11.2. The molecular formula is C20H32O3. The molecular weight excluding hydrogens is 288 g/mol. The first kappa shape index (κ1) is 19.9. The number of ether oxygens (including phenoxy) is 2. The van der Waals surface area contributed by atoms with Crippen LogP contribution in [0.15, 0.2) is 35.9 Å². The Morgan fingerprint density at radius 1 is 1.13 bits per heavy atom. The van der Waals surface area contributed by atoms with Crippen molar-refractivity contribution < 1.29 is 14.6 Å². The molecule has 0 unspecified atom stereocenters. The van der Waals surface area contributed by atoms with Gasteiger partial charge >= 0.3 is 0 Å². The van der Waals surface area contributed by atoms with Gasteiger partial charge in [-0.05, 0) is 24.0 Å². The Morgan fingerprint density at radius 2 is 1.87 bits per heavy atom. The molecule has 23 heavy (non-hydrogen) atoms. The maximum absolute atomic E-state index is 10.8. The van der Waals surface area contributed by atoms with Crippen LogP contribution in [0.1, 0.15) is 57.9 Å². The second kappa shape index (κ2) is 12.3. The van der Waals surface area contributed by atoms with Gasteiger partial charge in [0, 0.05) is 7.11 Å². The lowest BCUT2D eigenvalue weighted by molar-refractivity contribution is -0.107. The van der Waals surface area contributed by atoms with Gasteiger partial charge in [-0.15, -0.1) is 0 Å². The van der Waals surface area contributed by atoms with Gasteiger partial charge in [-0.3, -0.25) is 0 Å². The summed E-state index contributed by atoms with van der Waals surface area (Å²) in [6, 6.07) is 10.1. The molecule has 3 nitrogen and oxygen atoms in total. The van der Waals surface area contributed by atoms with Gasteiger partial charge in [0.25, 0.3) is 0 Å². The SMILES string of the molecule is CCCCCC[C@@H](OCOC)[C@@H](O)/C(=C\c1ccccc1)CC. The fourth-order valence-electron chi connectivity index (χ4n) is 2.66. The van der Waals surface area contributed by atoms with Crippen molar-refractivity contribution in [3.63, 3.8) is 0 Å². The highest BCUT2D eigenvalue weighted by molar-refractivity contribution is 5.53. The Morgan fingerprint density at radius 3 is 2.48 bits per heavy atom. The summed E-state index contributed by atoms with van der Waals surface area (Å²) >= 11 is 0. The minimum absolute atomic E-state index is 0.207. The molecule has 1 aromatic rings. The Kier molecular flexibility index (Phi) is 10.6. The van der Waals surface area contributed by atoms with Gasteiger partial charge in [0.15, 0.2) is 0 Å². The van der Waals surface area contributed by atoms with E-state index >= 15 is 0 Å². The van der Waals surface area contributed by atoms with E-state index in [9.17, 15) is 5.11 Å². The molecule has 0 bridgehead atoms. The molecule has 1 aromatic carbocycles. The summed E-state index contributed by atoms with van der Waals surface area (Å²) in [5.74, 6) is 0. The number of hydrogen-bond acceptors (Lipinski definition) is 3. The molecule has 3 heteroatoms. The number of aliphatic hydroxyl groups is 1. The monoisotopic (exact) mass is 320 g/mol. The van der Waals surface area contributed by atoms with Crippen LogP contribution >= 0.6 is 0 Å². The quantitative estimate of drug-likeness (QED) is 0.444. The second-order valence-electron chi connectivity index (χ2n) is 5.89. The zero-order valence-corrected chi connectivity index (χ0v) is 14.8. The van der Waals surface area contributed by atoms with E-state index in [2.05, 4.69) is 32.1 Å². The van der Waals surface area contributed by atoms with Crippen molar-refractivity contribution in [3.05, 3.63) is 41.5 Å². The van der Waals surface area contributed by atoms with Crippen LogP contribution in [0.4, 0.5) is 0 Å². The molecule has 0 aliphatic heterocycles. The topological polar surface area (TPSA) is 38.7 Å². The highest BCUT2D eigenvalue weighted by Crippen LogP contribution is 2.21. The van der Waals surface area contributed by atoms with Gasteiger partial charge in [-0.2, -0.15) is 0 Å². The minimum atomic E-state index is -0.586. The summed E-state index contributed by atoms with van der Waals surface area (Å²) in [7, 11) is 1.61. The standard InChI is InChI=1S/C20H32O3/c1-4-6-7-11-14-19(23-16-22-3)20(21)18(5-2)15-17-12-9-8-10-13-17/h8-10,12-13,15,19-21H,4-7,11,14,16H2,1-3H3/b18-15-/t19-,20+/m1/s1. The van der Waals surface area contributed by atoms with Crippen LogP contribution in [0.5, 0.6) is 0 Å². The van der Waals surface area contributed by atoms with E-state index in [-0.39, 0.29) is 12.9 Å². The number of benzene rings is 1. The summed E-state index contributed by atoms with van der Waals surface area (Å²) in [5.41, 5.74) is 2.12. The molecule has 0 heterocycles. The van der Waals surface area contributed by atoms with Crippen molar-refractivity contribution in [2.24, 2.45) is 0 Å². The van der Waals surface area contributed by atoms with Crippen LogP contribution in [0.25, 0.3) is 6.08 Å². The number of unbranched alkanes of at least 4 members (excludes halogenated alkanes) is 3. The molecule has 130 valence electrons. The fourth-order valence-corrected chi connectivity index (χ4v) is 2.66. The Balaban J connectivity index is 2.74. The van der Waals surface area contributed by atoms with E-state index in [1.165, 1.54) is 19.3 Å². The third-order valence-electron chi connectivity index (χ3n) is 4.03. The van der Waals surface area contributed by atoms with Gasteiger partial charge in [-0.25, -0.2) is 0 Å². The summed E-state index contributed by atoms with van der Waals surface area (Å²) in [4.78, 5) is 0. The summed E-state index contributed by atoms with van der Waals surface area (Å²) in [6.45, 7) is 4.49. The van der Waals surface area contributed by atoms with Crippen LogP contribution in [-0.4, -0.2) is 31.2 Å². The predicted octanol–water partition coefficient (Wildman–Crippen LogP) is 4.80. The maximum atomic E-state index is 10.8. The lowest BCUT2D eigenvalue weighted by Gasteiger charge is -2.25. The lowest BCUT2D eigenvalue weighted by Crippen LogP contribution is -2.31. The van der Waals surface area contributed by atoms with E-state index in [4.69, 9.17) is 9.47 Å². The molecule has 0 aromatic heterocycles. The fraction of sp³-hybridized carbons (Fsp3) is 0.600. The van der Waals surface area contributed by atoms with Crippen molar-refractivity contribution in [3.8, 4) is 0 Å². The highest BCUT2D eigenvalue weighted by atomic mass is 16.7. The highest BCUT2D eigenvalue weighted by Gasteiger charge is 2.22. The van der Waals surface area contributed by atoms with Crippen LogP contribution < -0.4 is 0 Å². The average Bonchev–Trinajstić information content (AvgIpc) is 2.59. The van der Waals surface area contributed by atoms with Crippen molar-refractivity contribution in [1.29, 1.82) is 0 Å². The smallest absolute Gasteiger partial charge is 0.146 e. The molecule has 0 spiro atoms. The van der Waals surface area contributed by atoms with E-state index in [0.29, 0.717) is 0 Å². The molecule has 0 aliphatic rings. The second-order valence-corrected chi connectivity index (χ2v) is 5.89. The number of methoxy groups -OCH3 is 1. The van der Waals surface area contributed by atoms with Gasteiger partial charge in [0.2, 0.25) is 0 Å². The first-order valence-corrected chi connectivity index (χ1v) is 8.77. The van der Waals surface area contributed by atoms with E-state index in [1.807, 2.05) is 18.2 Å². The molecule has 0 saturated carbocycles. The normalized spacial score (nSPS) is 14.7. The van der Waals surface area contributed by atoms with Crippen LogP contribution in [0.2, 0.25) is 0 Å². The van der Waals surface area contributed by atoms with Crippen molar-refractivity contribution >= 4 is 6.08 Å². The Bertz CT molecular complexity index is 428. The molecule has 1 rings (SSSR count). The van der Waals surface area contributed by atoms with Crippen molar-refractivity contribution in [2.75, 3.05) is 13.9 Å².